The van der Waals surface area contributed by atoms with E-state index >= 15 is 0 Å². The van der Waals surface area contributed by atoms with Crippen molar-refractivity contribution in [1.29, 1.82) is 0 Å². The van der Waals surface area contributed by atoms with Gasteiger partial charge in [0.15, 0.2) is 0 Å². The Bertz CT molecular complexity index is 992. The van der Waals surface area contributed by atoms with Gasteiger partial charge < -0.3 is 15.0 Å². The summed E-state index contributed by atoms with van der Waals surface area (Å²) in [5, 5.41) is 3.29. The van der Waals surface area contributed by atoms with Crippen molar-refractivity contribution in [2.75, 3.05) is 23.9 Å². The molecular formula is C20H17ClN4O2. The number of benzene rings is 2. The molecule has 0 unspecified atom stereocenters. The van der Waals surface area contributed by atoms with Gasteiger partial charge in [-0.15, -0.1) is 0 Å². The number of carbonyl (C=O) groups is 1. The number of ether oxygens (including phenoxy) is 1. The summed E-state index contributed by atoms with van der Waals surface area (Å²) in [6.07, 6.45) is 4.00. The third-order valence-electron chi connectivity index (χ3n) is 4.44. The van der Waals surface area contributed by atoms with Crippen LogP contribution in [0, 0.1) is 0 Å². The molecule has 0 atom stereocenters. The quantitative estimate of drug-likeness (QED) is 0.738. The molecule has 4 rings (SSSR count). The van der Waals surface area contributed by atoms with Crippen LogP contribution in [0.2, 0.25) is 5.02 Å². The van der Waals surface area contributed by atoms with Crippen molar-refractivity contribution in [2.24, 2.45) is 0 Å². The summed E-state index contributed by atoms with van der Waals surface area (Å²) in [6.45, 7) is 0.824. The van der Waals surface area contributed by atoms with Crippen LogP contribution in [-0.4, -0.2) is 29.5 Å². The van der Waals surface area contributed by atoms with Crippen LogP contribution in [0.3, 0.4) is 0 Å². The van der Waals surface area contributed by atoms with Crippen molar-refractivity contribution < 1.29 is 9.53 Å². The molecule has 1 N–H and O–H groups in total. The molecule has 2 aromatic carbocycles. The minimum absolute atomic E-state index is 0.330. The molecule has 7 heteroatoms. The Morgan fingerprint density at radius 1 is 1.19 bits per heavy atom. The van der Waals surface area contributed by atoms with E-state index in [1.165, 1.54) is 25.1 Å². The number of para-hydroxylation sites is 1. The number of halogens is 1. The highest BCUT2D eigenvalue weighted by molar-refractivity contribution is 6.31. The van der Waals surface area contributed by atoms with E-state index in [4.69, 9.17) is 16.3 Å². The summed E-state index contributed by atoms with van der Waals surface area (Å²) in [5.41, 5.74) is 3.23. The fraction of sp³-hybridized carbons (Fsp3) is 0.150. The Morgan fingerprint density at radius 3 is 2.74 bits per heavy atom. The van der Waals surface area contributed by atoms with E-state index in [0.717, 1.165) is 18.7 Å². The number of aromatic nitrogens is 2. The highest BCUT2D eigenvalue weighted by atomic mass is 35.5. The maximum atomic E-state index is 12.5. The van der Waals surface area contributed by atoms with Gasteiger partial charge in [0.2, 0.25) is 5.95 Å². The molecule has 1 aromatic heterocycles. The summed E-state index contributed by atoms with van der Waals surface area (Å²) in [4.78, 5) is 23.3. The van der Waals surface area contributed by atoms with Gasteiger partial charge in [-0.2, -0.15) is 0 Å². The number of methoxy groups -OCH3 is 1. The topological polar surface area (TPSA) is 67.3 Å². The molecule has 0 bridgehead atoms. The van der Waals surface area contributed by atoms with Crippen LogP contribution in [0.4, 0.5) is 17.3 Å². The van der Waals surface area contributed by atoms with Crippen LogP contribution in [0.5, 0.6) is 5.75 Å². The first-order valence-corrected chi connectivity index (χ1v) is 8.86. The minimum atomic E-state index is -0.330. The van der Waals surface area contributed by atoms with Crippen LogP contribution < -0.4 is 15.0 Å². The SMILES string of the molecule is COc1ccc(Cl)cc1NC(=O)c1cnc(N2CCc3ccccc32)nc1. The highest BCUT2D eigenvalue weighted by Crippen LogP contribution is 2.32. The number of nitrogens with zero attached hydrogens (tertiary/aromatic N) is 3. The summed E-state index contributed by atoms with van der Waals surface area (Å²) in [7, 11) is 1.53. The summed E-state index contributed by atoms with van der Waals surface area (Å²) < 4.78 is 5.25. The van der Waals surface area contributed by atoms with Crippen LogP contribution in [-0.2, 0) is 6.42 Å². The molecule has 0 spiro atoms. The van der Waals surface area contributed by atoms with Gasteiger partial charge in [0, 0.05) is 29.6 Å². The number of carbonyl (C=O) groups excluding carboxylic acids is 1. The minimum Gasteiger partial charge on any atom is -0.495 e. The normalized spacial score (nSPS) is 12.6. The first-order valence-electron chi connectivity index (χ1n) is 8.48. The molecule has 1 aliphatic rings. The number of hydrogen-bond donors (Lipinski definition) is 1. The first-order chi connectivity index (χ1) is 13.2. The number of rotatable bonds is 4. The van der Waals surface area contributed by atoms with E-state index in [1.54, 1.807) is 18.2 Å². The number of amides is 1. The third kappa shape index (κ3) is 3.44. The molecule has 1 amide bonds. The van der Waals surface area contributed by atoms with Crippen LogP contribution in [0.1, 0.15) is 15.9 Å². The van der Waals surface area contributed by atoms with Crippen molar-refractivity contribution in [2.45, 2.75) is 6.42 Å². The van der Waals surface area contributed by atoms with E-state index in [1.807, 2.05) is 12.1 Å². The van der Waals surface area contributed by atoms with Crippen LogP contribution in [0.25, 0.3) is 0 Å². The van der Waals surface area contributed by atoms with E-state index in [9.17, 15) is 4.79 Å². The van der Waals surface area contributed by atoms with E-state index in [-0.39, 0.29) is 5.91 Å². The molecule has 2 heterocycles. The lowest BCUT2D eigenvalue weighted by Crippen LogP contribution is -2.18. The maximum Gasteiger partial charge on any atom is 0.258 e. The molecule has 0 fully saturated rings. The van der Waals surface area contributed by atoms with Gasteiger partial charge in [0.05, 0.1) is 18.4 Å². The monoisotopic (exact) mass is 380 g/mol. The molecule has 6 nitrogen and oxygen atoms in total. The Balaban J connectivity index is 1.53. The van der Waals surface area contributed by atoms with Gasteiger partial charge >= 0.3 is 0 Å². The van der Waals surface area contributed by atoms with Crippen molar-refractivity contribution in [1.82, 2.24) is 9.97 Å². The Hall–Kier alpha value is -3.12. The zero-order chi connectivity index (χ0) is 18.8. The van der Waals surface area contributed by atoms with E-state index < -0.39 is 0 Å². The van der Waals surface area contributed by atoms with Gasteiger partial charge in [-0.3, -0.25) is 4.79 Å². The zero-order valence-corrected chi connectivity index (χ0v) is 15.4. The average molecular weight is 381 g/mol. The largest absolute Gasteiger partial charge is 0.495 e. The summed E-state index contributed by atoms with van der Waals surface area (Å²) in [6, 6.07) is 13.2. The second-order valence-corrected chi connectivity index (χ2v) is 6.54. The van der Waals surface area contributed by atoms with Crippen molar-refractivity contribution in [3.05, 3.63) is 71.0 Å². The fourth-order valence-corrected chi connectivity index (χ4v) is 3.27. The lowest BCUT2D eigenvalue weighted by molar-refractivity contribution is 0.102. The van der Waals surface area contributed by atoms with E-state index in [0.29, 0.717) is 28.0 Å². The molecule has 1 aliphatic heterocycles. The van der Waals surface area contributed by atoms with Gasteiger partial charge in [0.25, 0.3) is 5.91 Å². The molecule has 0 aliphatic carbocycles. The number of nitrogens with one attached hydrogen (secondary N) is 1. The zero-order valence-electron chi connectivity index (χ0n) is 14.6. The smallest absolute Gasteiger partial charge is 0.258 e. The summed E-state index contributed by atoms with van der Waals surface area (Å²) >= 11 is 6.00. The van der Waals surface area contributed by atoms with E-state index in [2.05, 4.69) is 32.3 Å². The maximum absolute atomic E-state index is 12.5. The number of fused-ring (bicyclic) bond motifs is 1. The Morgan fingerprint density at radius 2 is 1.96 bits per heavy atom. The molecule has 27 heavy (non-hydrogen) atoms. The predicted molar refractivity (Wildman–Crippen MR) is 105 cm³/mol. The second-order valence-electron chi connectivity index (χ2n) is 6.10. The molecule has 0 saturated heterocycles. The predicted octanol–water partition coefficient (Wildman–Crippen LogP) is 4.09. The molecule has 0 radical (unpaired) electrons. The third-order valence-corrected chi connectivity index (χ3v) is 4.67. The lowest BCUT2D eigenvalue weighted by Gasteiger charge is -2.17. The van der Waals surface area contributed by atoms with Crippen molar-refractivity contribution in [3.8, 4) is 5.75 Å². The first kappa shape index (κ1) is 17.3. The lowest BCUT2D eigenvalue weighted by atomic mass is 10.2. The second kappa shape index (κ2) is 7.25. The van der Waals surface area contributed by atoms with Crippen molar-refractivity contribution in [3.63, 3.8) is 0 Å². The highest BCUT2D eigenvalue weighted by Gasteiger charge is 2.22. The number of anilines is 3. The van der Waals surface area contributed by atoms with Gasteiger partial charge in [-0.1, -0.05) is 29.8 Å². The Labute approximate surface area is 161 Å². The molecule has 136 valence electrons. The van der Waals surface area contributed by atoms with Gasteiger partial charge in [0.1, 0.15) is 5.75 Å². The fourth-order valence-electron chi connectivity index (χ4n) is 3.10. The summed E-state index contributed by atoms with van der Waals surface area (Å²) in [5.74, 6) is 0.778. The average Bonchev–Trinajstić information content (AvgIpc) is 3.12. The van der Waals surface area contributed by atoms with Crippen LogP contribution >= 0.6 is 11.6 Å². The number of hydrogen-bond acceptors (Lipinski definition) is 5. The standard InChI is InChI=1S/C20H17ClN4O2/c1-27-18-7-6-15(21)10-16(18)24-19(26)14-11-22-20(23-12-14)25-9-8-13-4-2-3-5-17(13)25/h2-7,10-12H,8-9H2,1H3,(H,24,26). The van der Waals surface area contributed by atoms with Crippen molar-refractivity contribution >= 4 is 34.8 Å². The molecule has 0 saturated carbocycles. The Kier molecular flexibility index (Phi) is 4.64. The van der Waals surface area contributed by atoms with Gasteiger partial charge in [-0.25, -0.2) is 9.97 Å². The molecule has 3 aromatic rings. The molecular weight excluding hydrogens is 364 g/mol. The van der Waals surface area contributed by atoms with Gasteiger partial charge in [-0.05, 0) is 36.2 Å². The van der Waals surface area contributed by atoms with Crippen LogP contribution in [0.15, 0.2) is 54.9 Å².